The van der Waals surface area contributed by atoms with Gasteiger partial charge < -0.3 is 20.3 Å². The molecule has 2 aliphatic rings. The highest BCUT2D eigenvalue weighted by Crippen LogP contribution is 2.34. The molecular formula is C12H15N3O3. The molecular weight excluding hydrogens is 234 g/mol. The van der Waals surface area contributed by atoms with Gasteiger partial charge in [0.2, 0.25) is 0 Å². The number of hydrogen-bond donors (Lipinski definition) is 3. The Morgan fingerprint density at radius 2 is 2.22 bits per heavy atom. The fourth-order valence-corrected chi connectivity index (χ4v) is 2.65. The van der Waals surface area contributed by atoms with Gasteiger partial charge in [0, 0.05) is 24.5 Å². The third-order valence-corrected chi connectivity index (χ3v) is 3.84. The zero-order valence-electron chi connectivity index (χ0n) is 9.80. The molecule has 1 unspecified atom stereocenters. The van der Waals surface area contributed by atoms with Crippen molar-refractivity contribution in [1.29, 1.82) is 0 Å². The van der Waals surface area contributed by atoms with Crippen LogP contribution in [0.25, 0.3) is 0 Å². The number of amides is 2. The summed E-state index contributed by atoms with van der Waals surface area (Å²) in [6, 6.07) is 3.80. The summed E-state index contributed by atoms with van der Waals surface area (Å²) >= 11 is 0. The smallest absolute Gasteiger partial charge is 0.318 e. The van der Waals surface area contributed by atoms with Gasteiger partial charge >= 0.3 is 12.0 Å². The Morgan fingerprint density at radius 3 is 2.83 bits per heavy atom. The number of aromatic nitrogens is 1. The maximum Gasteiger partial charge on any atom is 0.318 e. The predicted molar refractivity (Wildman–Crippen MR) is 62.9 cm³/mol. The van der Waals surface area contributed by atoms with Gasteiger partial charge in [-0.3, -0.25) is 4.79 Å². The lowest BCUT2D eigenvalue weighted by atomic mass is 9.79. The number of urea groups is 1. The third-order valence-electron chi connectivity index (χ3n) is 3.84. The molecule has 6 heteroatoms. The van der Waals surface area contributed by atoms with Crippen molar-refractivity contribution >= 4 is 12.0 Å². The number of nitrogens with zero attached hydrogens (tertiary/aromatic N) is 1. The number of carbonyl (C=O) groups is 2. The average Bonchev–Trinajstić information content (AvgIpc) is 2.85. The molecule has 96 valence electrons. The number of carboxylic acid groups (broad SMARTS) is 1. The summed E-state index contributed by atoms with van der Waals surface area (Å²) in [5.74, 6) is -1.04. The van der Waals surface area contributed by atoms with E-state index in [-0.39, 0.29) is 24.0 Å². The zero-order valence-corrected chi connectivity index (χ0v) is 9.80. The number of rotatable bonds is 3. The molecule has 0 bridgehead atoms. The van der Waals surface area contributed by atoms with E-state index < -0.39 is 5.97 Å². The van der Waals surface area contributed by atoms with Gasteiger partial charge in [-0.1, -0.05) is 0 Å². The first-order chi connectivity index (χ1) is 8.65. The maximum atomic E-state index is 11.8. The highest BCUT2D eigenvalue weighted by molar-refractivity contribution is 5.78. The normalized spacial score (nSPS) is 31.0. The first kappa shape index (κ1) is 11.1. The summed E-state index contributed by atoms with van der Waals surface area (Å²) in [5.41, 5.74) is 0.986. The summed E-state index contributed by atoms with van der Waals surface area (Å²) in [4.78, 5) is 27.4. The van der Waals surface area contributed by atoms with Crippen LogP contribution in [0.1, 0.15) is 24.6 Å². The second-order valence-electron chi connectivity index (χ2n) is 4.94. The topological polar surface area (TPSA) is 85.4 Å². The van der Waals surface area contributed by atoms with E-state index in [1.54, 1.807) is 4.90 Å². The number of aromatic amines is 1. The summed E-state index contributed by atoms with van der Waals surface area (Å²) in [6.07, 6.45) is 2.97. The van der Waals surface area contributed by atoms with Crippen molar-refractivity contribution < 1.29 is 14.7 Å². The van der Waals surface area contributed by atoms with Crippen LogP contribution in [-0.4, -0.2) is 39.6 Å². The number of carbonyl (C=O) groups excluding carboxylic acids is 1. The Bertz CT molecular complexity index is 465. The van der Waals surface area contributed by atoms with Gasteiger partial charge in [-0.2, -0.15) is 0 Å². The largest absolute Gasteiger partial charge is 0.481 e. The first-order valence-electron chi connectivity index (χ1n) is 6.08. The van der Waals surface area contributed by atoms with E-state index in [1.807, 2.05) is 18.3 Å². The van der Waals surface area contributed by atoms with E-state index >= 15 is 0 Å². The zero-order chi connectivity index (χ0) is 12.7. The highest BCUT2D eigenvalue weighted by Gasteiger charge is 2.43. The Labute approximate surface area is 104 Å². The summed E-state index contributed by atoms with van der Waals surface area (Å²) in [7, 11) is 0. The molecule has 1 aromatic heterocycles. The van der Waals surface area contributed by atoms with Crippen molar-refractivity contribution in [2.75, 3.05) is 6.54 Å². The highest BCUT2D eigenvalue weighted by atomic mass is 16.4. The molecule has 1 atom stereocenters. The predicted octanol–water partition coefficient (Wildman–Crippen LogP) is 0.944. The van der Waals surface area contributed by atoms with Crippen LogP contribution in [-0.2, 0) is 4.79 Å². The van der Waals surface area contributed by atoms with Crippen LogP contribution in [0.4, 0.5) is 4.79 Å². The number of carboxylic acids is 1. The fourth-order valence-electron chi connectivity index (χ4n) is 2.65. The average molecular weight is 249 g/mol. The number of aliphatic carboxylic acids is 1. The lowest BCUT2D eigenvalue weighted by molar-refractivity contribution is -0.146. The van der Waals surface area contributed by atoms with E-state index in [2.05, 4.69) is 10.3 Å². The Hall–Kier alpha value is -1.98. The van der Waals surface area contributed by atoms with Crippen LogP contribution in [0.15, 0.2) is 18.3 Å². The summed E-state index contributed by atoms with van der Waals surface area (Å²) in [5, 5.41) is 11.7. The van der Waals surface area contributed by atoms with E-state index in [1.165, 1.54) is 0 Å². The Morgan fingerprint density at radius 1 is 1.44 bits per heavy atom. The molecule has 0 radical (unpaired) electrons. The molecule has 18 heavy (non-hydrogen) atoms. The van der Waals surface area contributed by atoms with Crippen molar-refractivity contribution in [3.63, 3.8) is 0 Å². The molecule has 0 spiro atoms. The molecule has 2 amide bonds. The molecule has 3 N–H and O–H groups in total. The van der Waals surface area contributed by atoms with Gasteiger partial charge in [-0.05, 0) is 25.0 Å². The molecule has 2 heterocycles. The van der Waals surface area contributed by atoms with Crippen LogP contribution in [0.5, 0.6) is 0 Å². The quantitative estimate of drug-likeness (QED) is 0.745. The third kappa shape index (κ3) is 1.73. The fraction of sp³-hybridized carbons (Fsp3) is 0.500. The minimum atomic E-state index is -0.758. The van der Waals surface area contributed by atoms with Crippen LogP contribution < -0.4 is 5.32 Å². The monoisotopic (exact) mass is 249 g/mol. The minimum Gasteiger partial charge on any atom is -0.481 e. The van der Waals surface area contributed by atoms with E-state index in [0.717, 1.165) is 5.69 Å². The Kier molecular flexibility index (Phi) is 2.50. The summed E-state index contributed by atoms with van der Waals surface area (Å²) < 4.78 is 0. The molecule has 1 aliphatic carbocycles. The number of H-pyrrole nitrogens is 1. The molecule has 1 saturated carbocycles. The van der Waals surface area contributed by atoms with Gasteiger partial charge in [0.15, 0.2) is 0 Å². The van der Waals surface area contributed by atoms with Gasteiger partial charge in [0.05, 0.1) is 12.0 Å². The molecule has 2 fully saturated rings. The Balaban J connectivity index is 1.62. The molecule has 1 aliphatic heterocycles. The molecule has 6 nitrogen and oxygen atoms in total. The first-order valence-corrected chi connectivity index (χ1v) is 6.08. The van der Waals surface area contributed by atoms with Gasteiger partial charge in [0.1, 0.15) is 0 Å². The second kappa shape index (κ2) is 4.04. The molecule has 1 aromatic rings. The molecule has 3 rings (SSSR count). The van der Waals surface area contributed by atoms with Crippen LogP contribution in [0.3, 0.4) is 0 Å². The van der Waals surface area contributed by atoms with Crippen molar-refractivity contribution in [2.24, 2.45) is 5.92 Å². The van der Waals surface area contributed by atoms with Crippen LogP contribution >= 0.6 is 0 Å². The van der Waals surface area contributed by atoms with Gasteiger partial charge in [-0.15, -0.1) is 0 Å². The standard InChI is InChI=1S/C12H15N3O3/c16-11(17)7-4-8(5-7)15-6-10(14-12(15)18)9-2-1-3-13-9/h1-3,7-8,10,13H,4-6H2,(H,14,18)(H,16,17). The SMILES string of the molecule is O=C(O)C1CC(N2CC(c3ccc[nH]3)NC2=O)C1. The summed E-state index contributed by atoms with van der Waals surface area (Å²) in [6.45, 7) is 0.607. The van der Waals surface area contributed by atoms with E-state index in [9.17, 15) is 9.59 Å². The van der Waals surface area contributed by atoms with Crippen molar-refractivity contribution in [1.82, 2.24) is 15.2 Å². The maximum absolute atomic E-state index is 11.8. The van der Waals surface area contributed by atoms with Crippen LogP contribution in [0, 0.1) is 5.92 Å². The number of nitrogens with one attached hydrogen (secondary N) is 2. The van der Waals surface area contributed by atoms with E-state index in [4.69, 9.17) is 5.11 Å². The van der Waals surface area contributed by atoms with E-state index in [0.29, 0.717) is 19.4 Å². The number of hydrogen-bond acceptors (Lipinski definition) is 2. The van der Waals surface area contributed by atoms with Crippen molar-refractivity contribution in [3.05, 3.63) is 24.0 Å². The van der Waals surface area contributed by atoms with Crippen LogP contribution in [0.2, 0.25) is 0 Å². The lowest BCUT2D eigenvalue weighted by Gasteiger charge is -2.38. The molecule has 1 saturated heterocycles. The minimum absolute atomic E-state index is 0.0172. The molecule has 0 aromatic carbocycles. The van der Waals surface area contributed by atoms with Gasteiger partial charge in [-0.25, -0.2) is 4.79 Å². The second-order valence-corrected chi connectivity index (χ2v) is 4.94. The van der Waals surface area contributed by atoms with Crippen molar-refractivity contribution in [2.45, 2.75) is 24.9 Å². The lowest BCUT2D eigenvalue weighted by Crippen LogP contribution is -2.48. The van der Waals surface area contributed by atoms with Gasteiger partial charge in [0.25, 0.3) is 0 Å². The van der Waals surface area contributed by atoms with Crippen molar-refractivity contribution in [3.8, 4) is 0 Å².